The van der Waals surface area contributed by atoms with E-state index in [4.69, 9.17) is 0 Å². The Morgan fingerprint density at radius 3 is 2.27 bits per heavy atom. The second-order valence-corrected chi connectivity index (χ2v) is 7.04. The fourth-order valence-electron chi connectivity index (χ4n) is 2.92. The van der Waals surface area contributed by atoms with Gasteiger partial charge in [0, 0.05) is 40.3 Å². The minimum atomic E-state index is -0.658. The van der Waals surface area contributed by atoms with Gasteiger partial charge in [0.1, 0.15) is 11.6 Å². The molecule has 0 spiro atoms. The SMILES string of the molecule is Cc1cc(C(=O)CC(c2ccc(Br)cc2)c2cc(F)cc(F)c2)ccn1. The number of Topliss-reactive ketones (excluding diaryl/α,β-unsaturated/α-hetero) is 1. The molecular formula is C21H16BrF2NO. The quantitative estimate of drug-likeness (QED) is 0.490. The topological polar surface area (TPSA) is 30.0 Å². The summed E-state index contributed by atoms with van der Waals surface area (Å²) in [6.07, 6.45) is 1.69. The lowest BCUT2D eigenvalue weighted by Crippen LogP contribution is -2.10. The van der Waals surface area contributed by atoms with Crippen molar-refractivity contribution < 1.29 is 13.6 Å². The summed E-state index contributed by atoms with van der Waals surface area (Å²) in [5, 5.41) is 0. The first kappa shape index (κ1) is 18.4. The monoisotopic (exact) mass is 415 g/mol. The molecule has 1 aromatic heterocycles. The van der Waals surface area contributed by atoms with Crippen LogP contribution in [0.4, 0.5) is 8.78 Å². The van der Waals surface area contributed by atoms with E-state index < -0.39 is 17.6 Å². The highest BCUT2D eigenvalue weighted by molar-refractivity contribution is 9.10. The lowest BCUT2D eigenvalue weighted by Gasteiger charge is -2.18. The second kappa shape index (κ2) is 7.87. The van der Waals surface area contributed by atoms with Crippen molar-refractivity contribution >= 4 is 21.7 Å². The van der Waals surface area contributed by atoms with E-state index in [0.717, 1.165) is 21.8 Å². The molecule has 0 aliphatic carbocycles. The number of carbonyl (C=O) groups excluding carboxylic acids is 1. The highest BCUT2D eigenvalue weighted by Crippen LogP contribution is 2.31. The van der Waals surface area contributed by atoms with Crippen LogP contribution in [0.15, 0.2) is 65.3 Å². The Morgan fingerprint density at radius 1 is 1.00 bits per heavy atom. The molecule has 0 saturated carbocycles. The summed E-state index contributed by atoms with van der Waals surface area (Å²) in [6.45, 7) is 1.81. The highest BCUT2D eigenvalue weighted by atomic mass is 79.9. The molecule has 1 heterocycles. The number of hydrogen-bond acceptors (Lipinski definition) is 2. The van der Waals surface area contributed by atoms with Gasteiger partial charge in [-0.1, -0.05) is 28.1 Å². The van der Waals surface area contributed by atoms with Crippen LogP contribution in [0.3, 0.4) is 0 Å². The molecule has 2 nitrogen and oxygen atoms in total. The molecule has 1 unspecified atom stereocenters. The van der Waals surface area contributed by atoms with Crippen molar-refractivity contribution in [1.29, 1.82) is 0 Å². The largest absolute Gasteiger partial charge is 0.294 e. The summed E-state index contributed by atoms with van der Waals surface area (Å²) in [7, 11) is 0. The van der Waals surface area contributed by atoms with Crippen LogP contribution in [0.25, 0.3) is 0 Å². The van der Waals surface area contributed by atoms with Crippen LogP contribution in [-0.2, 0) is 0 Å². The number of halogens is 3. The van der Waals surface area contributed by atoms with Crippen molar-refractivity contribution in [3.8, 4) is 0 Å². The fraction of sp³-hybridized carbons (Fsp3) is 0.143. The number of ketones is 1. The van der Waals surface area contributed by atoms with E-state index in [1.54, 1.807) is 18.3 Å². The average Bonchev–Trinajstić information content (AvgIpc) is 2.59. The molecule has 0 saturated heterocycles. The molecule has 0 amide bonds. The molecule has 26 heavy (non-hydrogen) atoms. The van der Waals surface area contributed by atoms with E-state index in [1.807, 2.05) is 31.2 Å². The van der Waals surface area contributed by atoms with Crippen LogP contribution in [-0.4, -0.2) is 10.8 Å². The van der Waals surface area contributed by atoms with Crippen molar-refractivity contribution in [2.45, 2.75) is 19.3 Å². The van der Waals surface area contributed by atoms with Gasteiger partial charge in [0.2, 0.25) is 0 Å². The number of hydrogen-bond donors (Lipinski definition) is 0. The number of pyridine rings is 1. The predicted octanol–water partition coefficient (Wildman–Crippen LogP) is 5.84. The first-order valence-corrected chi connectivity index (χ1v) is 8.89. The highest BCUT2D eigenvalue weighted by Gasteiger charge is 2.21. The average molecular weight is 416 g/mol. The number of rotatable bonds is 5. The fourth-order valence-corrected chi connectivity index (χ4v) is 3.19. The Morgan fingerprint density at radius 2 is 1.65 bits per heavy atom. The van der Waals surface area contributed by atoms with Crippen LogP contribution in [0.2, 0.25) is 0 Å². The standard InChI is InChI=1S/C21H16BrF2NO/c1-13-8-15(6-7-25-13)21(26)12-20(14-2-4-17(22)5-3-14)16-9-18(23)11-19(24)10-16/h2-11,20H,12H2,1H3. The maximum Gasteiger partial charge on any atom is 0.163 e. The van der Waals surface area contributed by atoms with E-state index in [2.05, 4.69) is 20.9 Å². The summed E-state index contributed by atoms with van der Waals surface area (Å²) in [6, 6.07) is 14.1. The van der Waals surface area contributed by atoms with E-state index in [-0.39, 0.29) is 12.2 Å². The number of benzene rings is 2. The summed E-state index contributed by atoms with van der Waals surface area (Å²) in [4.78, 5) is 16.9. The first-order valence-electron chi connectivity index (χ1n) is 8.09. The molecule has 0 aliphatic heterocycles. The molecule has 2 aromatic carbocycles. The Hall–Kier alpha value is -2.40. The first-order chi connectivity index (χ1) is 12.4. The van der Waals surface area contributed by atoms with E-state index in [1.165, 1.54) is 12.1 Å². The third-order valence-electron chi connectivity index (χ3n) is 4.17. The van der Waals surface area contributed by atoms with Gasteiger partial charge in [-0.05, 0) is 54.4 Å². The molecule has 0 aliphatic rings. The smallest absolute Gasteiger partial charge is 0.163 e. The number of carbonyl (C=O) groups is 1. The zero-order valence-electron chi connectivity index (χ0n) is 14.0. The predicted molar refractivity (Wildman–Crippen MR) is 100 cm³/mol. The Balaban J connectivity index is 2.00. The molecular weight excluding hydrogens is 400 g/mol. The van der Waals surface area contributed by atoms with Crippen LogP contribution in [0.1, 0.15) is 39.5 Å². The molecule has 1 atom stereocenters. The van der Waals surface area contributed by atoms with Gasteiger partial charge < -0.3 is 0 Å². The maximum absolute atomic E-state index is 13.7. The van der Waals surface area contributed by atoms with Gasteiger partial charge in [0.05, 0.1) is 0 Å². The van der Waals surface area contributed by atoms with Crippen molar-refractivity contribution in [2.75, 3.05) is 0 Å². The van der Waals surface area contributed by atoms with Crippen molar-refractivity contribution in [1.82, 2.24) is 4.98 Å². The van der Waals surface area contributed by atoms with Gasteiger partial charge in [-0.2, -0.15) is 0 Å². The second-order valence-electron chi connectivity index (χ2n) is 6.12. The van der Waals surface area contributed by atoms with Crippen molar-refractivity contribution in [3.63, 3.8) is 0 Å². The summed E-state index contributed by atoms with van der Waals surface area (Å²) in [5.74, 6) is -1.87. The van der Waals surface area contributed by atoms with Crippen LogP contribution < -0.4 is 0 Å². The normalized spacial score (nSPS) is 12.0. The maximum atomic E-state index is 13.7. The zero-order valence-corrected chi connectivity index (χ0v) is 15.6. The van der Waals surface area contributed by atoms with Crippen molar-refractivity contribution in [3.05, 3.63) is 99.3 Å². The number of aryl methyl sites for hydroxylation is 1. The van der Waals surface area contributed by atoms with Crippen LogP contribution >= 0.6 is 15.9 Å². The van der Waals surface area contributed by atoms with Gasteiger partial charge in [-0.3, -0.25) is 9.78 Å². The summed E-state index contributed by atoms with van der Waals surface area (Å²) < 4.78 is 28.4. The third kappa shape index (κ3) is 4.41. The molecule has 132 valence electrons. The zero-order chi connectivity index (χ0) is 18.7. The summed E-state index contributed by atoms with van der Waals surface area (Å²) >= 11 is 3.38. The van der Waals surface area contributed by atoms with Crippen LogP contribution in [0.5, 0.6) is 0 Å². The molecule has 5 heteroatoms. The van der Waals surface area contributed by atoms with E-state index >= 15 is 0 Å². The minimum absolute atomic E-state index is 0.104. The number of nitrogens with zero attached hydrogens (tertiary/aromatic N) is 1. The van der Waals surface area contributed by atoms with Crippen molar-refractivity contribution in [2.24, 2.45) is 0 Å². The minimum Gasteiger partial charge on any atom is -0.294 e. The molecule has 3 aromatic rings. The third-order valence-corrected chi connectivity index (χ3v) is 4.70. The van der Waals surface area contributed by atoms with Gasteiger partial charge in [0.15, 0.2) is 5.78 Å². The van der Waals surface area contributed by atoms with E-state index in [9.17, 15) is 13.6 Å². The molecule has 0 radical (unpaired) electrons. The lowest BCUT2D eigenvalue weighted by molar-refractivity contribution is 0.0977. The molecule has 0 bridgehead atoms. The molecule has 0 N–H and O–H groups in total. The number of aromatic nitrogens is 1. The molecule has 0 fully saturated rings. The Labute approximate surface area is 159 Å². The lowest BCUT2D eigenvalue weighted by atomic mass is 9.85. The Bertz CT molecular complexity index is 921. The van der Waals surface area contributed by atoms with Gasteiger partial charge in [-0.15, -0.1) is 0 Å². The molecule has 3 rings (SSSR count). The van der Waals surface area contributed by atoms with Crippen LogP contribution in [0, 0.1) is 18.6 Å². The van der Waals surface area contributed by atoms with Gasteiger partial charge in [0.25, 0.3) is 0 Å². The van der Waals surface area contributed by atoms with Gasteiger partial charge in [-0.25, -0.2) is 8.78 Å². The Kier molecular flexibility index (Phi) is 5.57. The summed E-state index contributed by atoms with van der Waals surface area (Å²) in [5.41, 5.74) is 2.53. The van der Waals surface area contributed by atoms with Gasteiger partial charge >= 0.3 is 0 Å². The van der Waals surface area contributed by atoms with E-state index in [0.29, 0.717) is 11.1 Å².